The van der Waals surface area contributed by atoms with Crippen LogP contribution in [0.1, 0.15) is 23.0 Å². The number of amides is 1. The molecule has 176 valence electrons. The SMILES string of the molecule is CN=C(NCc1cccc(NC(=O)c2ccco2)c1)NCC(C)Oc1ccccc1OC.I. The number of nitrogens with zero attached hydrogens (tertiary/aromatic N) is 1. The van der Waals surface area contributed by atoms with Gasteiger partial charge in [0.1, 0.15) is 6.10 Å². The van der Waals surface area contributed by atoms with Gasteiger partial charge in [0, 0.05) is 19.3 Å². The maximum atomic E-state index is 12.1. The third kappa shape index (κ3) is 8.01. The van der Waals surface area contributed by atoms with Gasteiger partial charge in [0.25, 0.3) is 5.91 Å². The second kappa shape index (κ2) is 13.4. The summed E-state index contributed by atoms with van der Waals surface area (Å²) in [5.41, 5.74) is 1.68. The number of anilines is 1. The van der Waals surface area contributed by atoms with E-state index in [2.05, 4.69) is 20.9 Å². The van der Waals surface area contributed by atoms with E-state index in [-0.39, 0.29) is 41.7 Å². The normalized spacial score (nSPS) is 11.7. The van der Waals surface area contributed by atoms with Gasteiger partial charge in [-0.25, -0.2) is 0 Å². The van der Waals surface area contributed by atoms with Crippen molar-refractivity contribution in [2.75, 3.05) is 26.0 Å². The Balaban J connectivity index is 0.00000385. The lowest BCUT2D eigenvalue weighted by Gasteiger charge is -2.19. The first kappa shape index (κ1) is 26.0. The highest BCUT2D eigenvalue weighted by Gasteiger charge is 2.11. The highest BCUT2D eigenvalue weighted by molar-refractivity contribution is 14.0. The molecular weight excluding hydrogens is 535 g/mol. The highest BCUT2D eigenvalue weighted by Crippen LogP contribution is 2.26. The van der Waals surface area contributed by atoms with Crippen molar-refractivity contribution in [2.45, 2.75) is 19.6 Å². The third-order valence-electron chi connectivity index (χ3n) is 4.57. The average Bonchev–Trinajstić information content (AvgIpc) is 3.35. The summed E-state index contributed by atoms with van der Waals surface area (Å²) in [5.74, 6) is 2.01. The Morgan fingerprint density at radius 1 is 1.06 bits per heavy atom. The lowest BCUT2D eigenvalue weighted by molar-refractivity contribution is 0.0996. The zero-order chi connectivity index (χ0) is 22.8. The van der Waals surface area contributed by atoms with Crippen LogP contribution in [0.3, 0.4) is 0 Å². The summed E-state index contributed by atoms with van der Waals surface area (Å²) in [5, 5.41) is 9.34. The largest absolute Gasteiger partial charge is 0.493 e. The first-order chi connectivity index (χ1) is 15.6. The number of hydrogen-bond donors (Lipinski definition) is 3. The van der Waals surface area contributed by atoms with E-state index in [1.54, 1.807) is 26.3 Å². The quantitative estimate of drug-likeness (QED) is 0.204. The van der Waals surface area contributed by atoms with E-state index in [9.17, 15) is 4.79 Å². The van der Waals surface area contributed by atoms with Crippen molar-refractivity contribution in [2.24, 2.45) is 4.99 Å². The number of methoxy groups -OCH3 is 1. The molecule has 9 heteroatoms. The number of hydrogen-bond acceptors (Lipinski definition) is 5. The predicted molar refractivity (Wildman–Crippen MR) is 140 cm³/mol. The molecule has 0 fully saturated rings. The Labute approximate surface area is 210 Å². The van der Waals surface area contributed by atoms with Gasteiger partial charge in [-0.2, -0.15) is 0 Å². The molecule has 0 aliphatic carbocycles. The second-order valence-corrected chi connectivity index (χ2v) is 7.02. The molecule has 1 aromatic heterocycles. The van der Waals surface area contributed by atoms with Crippen LogP contribution in [0.4, 0.5) is 5.69 Å². The van der Waals surface area contributed by atoms with Gasteiger partial charge in [0.2, 0.25) is 0 Å². The maximum Gasteiger partial charge on any atom is 0.291 e. The Kier molecular flexibility index (Phi) is 10.5. The van der Waals surface area contributed by atoms with Crippen LogP contribution in [0, 0.1) is 0 Å². The zero-order valence-corrected chi connectivity index (χ0v) is 21.2. The van der Waals surface area contributed by atoms with Gasteiger partial charge in [-0.1, -0.05) is 24.3 Å². The summed E-state index contributed by atoms with van der Waals surface area (Å²) in [6, 6.07) is 18.4. The van der Waals surface area contributed by atoms with Crippen molar-refractivity contribution in [3.8, 4) is 11.5 Å². The topological polar surface area (TPSA) is 97.1 Å². The molecule has 0 radical (unpaired) electrons. The van der Waals surface area contributed by atoms with Crippen LogP contribution < -0.4 is 25.4 Å². The van der Waals surface area contributed by atoms with Crippen molar-refractivity contribution in [1.82, 2.24) is 10.6 Å². The number of carbonyl (C=O) groups excluding carboxylic acids is 1. The Morgan fingerprint density at radius 3 is 2.55 bits per heavy atom. The van der Waals surface area contributed by atoms with Gasteiger partial charge in [-0.3, -0.25) is 9.79 Å². The van der Waals surface area contributed by atoms with Crippen LogP contribution in [0.5, 0.6) is 11.5 Å². The minimum atomic E-state index is -0.290. The van der Waals surface area contributed by atoms with E-state index in [1.165, 1.54) is 6.26 Å². The molecule has 3 rings (SSSR count). The van der Waals surface area contributed by atoms with Crippen LogP contribution in [0.15, 0.2) is 76.3 Å². The Hall–Kier alpha value is -3.21. The standard InChI is InChI=1S/C24H28N4O4.HI/c1-17(32-21-11-5-4-10-20(21)30-3)15-26-24(25-2)27-16-18-8-6-9-19(14-18)28-23(29)22-12-7-13-31-22;/h4-14,17H,15-16H2,1-3H3,(H,28,29)(H2,25,26,27);1H. The molecule has 1 amide bonds. The first-order valence-corrected chi connectivity index (χ1v) is 10.3. The van der Waals surface area contributed by atoms with E-state index < -0.39 is 0 Å². The number of halogens is 1. The van der Waals surface area contributed by atoms with E-state index >= 15 is 0 Å². The minimum absolute atomic E-state index is 0. The molecule has 2 aromatic carbocycles. The van der Waals surface area contributed by atoms with Crippen LogP contribution in [-0.4, -0.2) is 38.7 Å². The molecule has 3 aromatic rings. The van der Waals surface area contributed by atoms with Gasteiger partial charge in [-0.05, 0) is 48.9 Å². The van der Waals surface area contributed by atoms with Crippen molar-refractivity contribution >= 4 is 41.5 Å². The van der Waals surface area contributed by atoms with Crippen LogP contribution >= 0.6 is 24.0 Å². The molecule has 8 nitrogen and oxygen atoms in total. The fourth-order valence-corrected chi connectivity index (χ4v) is 2.98. The number of aliphatic imine (C=N–C) groups is 1. The molecule has 0 saturated heterocycles. The lowest BCUT2D eigenvalue weighted by Crippen LogP contribution is -2.41. The van der Waals surface area contributed by atoms with Crippen LogP contribution in [0.25, 0.3) is 0 Å². The summed E-state index contributed by atoms with van der Waals surface area (Å²) in [7, 11) is 3.33. The highest BCUT2D eigenvalue weighted by atomic mass is 127. The number of furan rings is 1. The smallest absolute Gasteiger partial charge is 0.291 e. The molecule has 0 aliphatic rings. The van der Waals surface area contributed by atoms with Gasteiger partial charge in [0.05, 0.1) is 19.9 Å². The number of benzene rings is 2. The fraction of sp³-hybridized carbons (Fsp3) is 0.250. The zero-order valence-electron chi connectivity index (χ0n) is 18.8. The van der Waals surface area contributed by atoms with Crippen molar-refractivity contribution < 1.29 is 18.7 Å². The van der Waals surface area contributed by atoms with E-state index in [4.69, 9.17) is 13.9 Å². The molecule has 0 spiro atoms. The number of ether oxygens (including phenoxy) is 2. The molecular formula is C24H29IN4O4. The summed E-state index contributed by atoms with van der Waals surface area (Å²) in [4.78, 5) is 16.4. The van der Waals surface area contributed by atoms with Crippen molar-refractivity contribution in [1.29, 1.82) is 0 Å². The number of guanidine groups is 1. The summed E-state index contributed by atoms with van der Waals surface area (Å²) in [6.07, 6.45) is 1.36. The second-order valence-electron chi connectivity index (χ2n) is 7.02. The minimum Gasteiger partial charge on any atom is -0.493 e. The maximum absolute atomic E-state index is 12.1. The van der Waals surface area contributed by atoms with Crippen LogP contribution in [-0.2, 0) is 6.54 Å². The number of nitrogens with one attached hydrogen (secondary N) is 3. The number of para-hydroxylation sites is 2. The Morgan fingerprint density at radius 2 is 1.85 bits per heavy atom. The van der Waals surface area contributed by atoms with E-state index in [0.29, 0.717) is 36.2 Å². The van der Waals surface area contributed by atoms with E-state index in [0.717, 1.165) is 5.56 Å². The van der Waals surface area contributed by atoms with Crippen LogP contribution in [0.2, 0.25) is 0 Å². The molecule has 33 heavy (non-hydrogen) atoms. The fourth-order valence-electron chi connectivity index (χ4n) is 2.98. The average molecular weight is 564 g/mol. The van der Waals surface area contributed by atoms with Gasteiger partial charge >= 0.3 is 0 Å². The van der Waals surface area contributed by atoms with Gasteiger partial charge in [-0.15, -0.1) is 24.0 Å². The number of carbonyl (C=O) groups is 1. The van der Waals surface area contributed by atoms with Gasteiger partial charge < -0.3 is 29.8 Å². The molecule has 0 saturated carbocycles. The molecule has 1 heterocycles. The van der Waals surface area contributed by atoms with E-state index in [1.807, 2.05) is 55.5 Å². The lowest BCUT2D eigenvalue weighted by atomic mass is 10.2. The summed E-state index contributed by atoms with van der Waals surface area (Å²) >= 11 is 0. The molecule has 0 aliphatic heterocycles. The van der Waals surface area contributed by atoms with Gasteiger partial charge in [0.15, 0.2) is 23.2 Å². The van der Waals surface area contributed by atoms with Crippen molar-refractivity contribution in [3.63, 3.8) is 0 Å². The third-order valence-corrected chi connectivity index (χ3v) is 4.57. The molecule has 1 unspecified atom stereocenters. The molecule has 0 bridgehead atoms. The predicted octanol–water partition coefficient (Wildman–Crippen LogP) is 4.29. The summed E-state index contributed by atoms with van der Waals surface area (Å²) in [6.45, 7) is 3.06. The first-order valence-electron chi connectivity index (χ1n) is 10.3. The Bertz CT molecular complexity index is 1040. The van der Waals surface area contributed by atoms with Crippen molar-refractivity contribution in [3.05, 3.63) is 78.3 Å². The molecule has 1 atom stereocenters. The number of rotatable bonds is 9. The monoisotopic (exact) mass is 564 g/mol. The molecule has 3 N–H and O–H groups in total. The summed E-state index contributed by atoms with van der Waals surface area (Å²) < 4.78 is 16.4.